The third-order valence-corrected chi connectivity index (χ3v) is 6.15. The van der Waals surface area contributed by atoms with Crippen molar-refractivity contribution in [2.75, 3.05) is 39.3 Å². The Kier molecular flexibility index (Phi) is 8.50. The molecule has 0 saturated carbocycles. The molecule has 0 bridgehead atoms. The number of aliphatic carboxylic acids is 1. The molecule has 8 heteroatoms. The van der Waals surface area contributed by atoms with Crippen LogP contribution in [0.15, 0.2) is 24.3 Å². The van der Waals surface area contributed by atoms with E-state index in [0.717, 1.165) is 37.1 Å². The summed E-state index contributed by atoms with van der Waals surface area (Å²) >= 11 is 0. The molecule has 0 spiro atoms. The van der Waals surface area contributed by atoms with Gasteiger partial charge in [0, 0.05) is 26.2 Å². The van der Waals surface area contributed by atoms with E-state index in [0.29, 0.717) is 38.1 Å². The minimum atomic E-state index is -0.850. The van der Waals surface area contributed by atoms with Gasteiger partial charge in [0.1, 0.15) is 5.75 Å². The minimum absolute atomic E-state index is 0.00465. The molecule has 0 unspecified atom stereocenters. The van der Waals surface area contributed by atoms with E-state index in [9.17, 15) is 14.4 Å². The summed E-state index contributed by atoms with van der Waals surface area (Å²) in [5, 5.41) is 12.1. The molecule has 2 N–H and O–H groups in total. The van der Waals surface area contributed by atoms with Crippen LogP contribution >= 0.6 is 0 Å². The topological polar surface area (TPSA) is 99.2 Å². The molecule has 1 aromatic carbocycles. The third kappa shape index (κ3) is 6.95. The molecular weight excluding hydrogens is 410 g/mol. The van der Waals surface area contributed by atoms with Crippen LogP contribution in [0.1, 0.15) is 38.7 Å². The Morgan fingerprint density at radius 3 is 2.47 bits per heavy atom. The molecule has 0 aromatic heterocycles. The van der Waals surface area contributed by atoms with Crippen molar-refractivity contribution in [2.24, 2.45) is 11.8 Å². The lowest BCUT2D eigenvalue weighted by Gasteiger charge is -2.36. The van der Waals surface area contributed by atoms with Gasteiger partial charge in [-0.25, -0.2) is 0 Å². The predicted octanol–water partition coefficient (Wildman–Crippen LogP) is 1.78. The number of hydrogen-bond donors (Lipinski definition) is 2. The molecular formula is C24H35N3O5. The van der Waals surface area contributed by atoms with Crippen molar-refractivity contribution >= 4 is 17.8 Å². The largest absolute Gasteiger partial charge is 0.493 e. The van der Waals surface area contributed by atoms with Gasteiger partial charge in [-0.3, -0.25) is 14.4 Å². The standard InChI is InChI=1S/C24H35N3O5/c1-17(2)13-21-24(31)27(12-9-25-21)15-22(28)26-10-7-19(8-11-26)16-32-20-5-3-18(4-6-20)14-23(29)30/h3-6,17,19,21,25H,7-16H2,1-2H3,(H,29,30)/t21-/m0/s1. The van der Waals surface area contributed by atoms with E-state index in [1.165, 1.54) is 0 Å². The first kappa shape index (κ1) is 24.0. The van der Waals surface area contributed by atoms with Crippen LogP contribution in [0.3, 0.4) is 0 Å². The smallest absolute Gasteiger partial charge is 0.307 e. The second-order valence-electron chi connectivity index (χ2n) is 9.25. The van der Waals surface area contributed by atoms with E-state index < -0.39 is 5.97 Å². The molecule has 3 rings (SSSR count). The van der Waals surface area contributed by atoms with Crippen LogP contribution in [0.4, 0.5) is 0 Å². The summed E-state index contributed by atoms with van der Waals surface area (Å²) in [7, 11) is 0. The lowest BCUT2D eigenvalue weighted by molar-refractivity contribution is -0.144. The van der Waals surface area contributed by atoms with Crippen molar-refractivity contribution in [3.8, 4) is 5.75 Å². The van der Waals surface area contributed by atoms with Crippen molar-refractivity contribution in [1.82, 2.24) is 15.1 Å². The van der Waals surface area contributed by atoms with Gasteiger partial charge in [-0.05, 0) is 48.8 Å². The van der Waals surface area contributed by atoms with Gasteiger partial charge in [-0.1, -0.05) is 26.0 Å². The highest BCUT2D eigenvalue weighted by Gasteiger charge is 2.31. The number of nitrogens with one attached hydrogen (secondary N) is 1. The van der Waals surface area contributed by atoms with E-state index >= 15 is 0 Å². The van der Waals surface area contributed by atoms with E-state index in [-0.39, 0.29) is 30.8 Å². The van der Waals surface area contributed by atoms with Gasteiger partial charge >= 0.3 is 5.97 Å². The maximum absolute atomic E-state index is 12.8. The number of piperazine rings is 1. The van der Waals surface area contributed by atoms with Gasteiger partial charge in [0.25, 0.3) is 0 Å². The number of carbonyl (C=O) groups excluding carboxylic acids is 2. The average Bonchev–Trinajstić information content (AvgIpc) is 2.75. The second kappa shape index (κ2) is 11.3. The number of amides is 2. The number of carboxylic acids is 1. The number of carbonyl (C=O) groups is 3. The van der Waals surface area contributed by atoms with Crippen LogP contribution in [-0.4, -0.2) is 78.1 Å². The first-order valence-electron chi connectivity index (χ1n) is 11.5. The van der Waals surface area contributed by atoms with Crippen LogP contribution in [0, 0.1) is 11.8 Å². The van der Waals surface area contributed by atoms with Gasteiger partial charge in [0.15, 0.2) is 0 Å². The van der Waals surface area contributed by atoms with Gasteiger partial charge < -0.3 is 25.0 Å². The fourth-order valence-electron chi connectivity index (χ4n) is 4.31. The zero-order chi connectivity index (χ0) is 23.1. The molecule has 2 fully saturated rings. The molecule has 2 aliphatic heterocycles. The van der Waals surface area contributed by atoms with E-state index in [2.05, 4.69) is 19.2 Å². The van der Waals surface area contributed by atoms with Crippen molar-refractivity contribution in [3.63, 3.8) is 0 Å². The van der Waals surface area contributed by atoms with E-state index in [4.69, 9.17) is 9.84 Å². The fourth-order valence-corrected chi connectivity index (χ4v) is 4.31. The highest BCUT2D eigenvalue weighted by atomic mass is 16.5. The van der Waals surface area contributed by atoms with Crippen LogP contribution < -0.4 is 10.1 Å². The number of likely N-dealkylation sites (tertiary alicyclic amines) is 1. The lowest BCUT2D eigenvalue weighted by atomic mass is 9.97. The number of carboxylic acid groups (broad SMARTS) is 1. The fraction of sp³-hybridized carbons (Fsp3) is 0.625. The maximum atomic E-state index is 12.8. The Morgan fingerprint density at radius 2 is 1.84 bits per heavy atom. The quantitative estimate of drug-likeness (QED) is 0.601. The number of nitrogens with zero attached hydrogens (tertiary/aromatic N) is 2. The molecule has 2 amide bonds. The summed E-state index contributed by atoms with van der Waals surface area (Å²) in [6, 6.07) is 6.96. The third-order valence-electron chi connectivity index (χ3n) is 6.15. The molecule has 2 aliphatic rings. The summed E-state index contributed by atoms with van der Waals surface area (Å²) in [5.74, 6) is 0.736. The molecule has 0 radical (unpaired) electrons. The number of rotatable bonds is 9. The minimum Gasteiger partial charge on any atom is -0.493 e. The van der Waals surface area contributed by atoms with Crippen molar-refractivity contribution in [2.45, 2.75) is 45.6 Å². The first-order chi connectivity index (χ1) is 15.3. The molecule has 1 atom stereocenters. The van der Waals surface area contributed by atoms with Crippen molar-refractivity contribution < 1.29 is 24.2 Å². The van der Waals surface area contributed by atoms with E-state index in [1.54, 1.807) is 29.2 Å². The first-order valence-corrected chi connectivity index (χ1v) is 11.5. The van der Waals surface area contributed by atoms with Crippen molar-refractivity contribution in [3.05, 3.63) is 29.8 Å². The number of benzene rings is 1. The van der Waals surface area contributed by atoms with Crippen LogP contribution in [0.5, 0.6) is 5.75 Å². The summed E-state index contributed by atoms with van der Waals surface area (Å²) < 4.78 is 5.87. The van der Waals surface area contributed by atoms with Gasteiger partial charge in [-0.2, -0.15) is 0 Å². The summed E-state index contributed by atoms with van der Waals surface area (Å²) in [6.45, 7) is 7.61. The second-order valence-corrected chi connectivity index (χ2v) is 9.25. The van der Waals surface area contributed by atoms with Gasteiger partial charge in [0.2, 0.25) is 11.8 Å². The Bertz CT molecular complexity index is 787. The molecule has 8 nitrogen and oxygen atoms in total. The van der Waals surface area contributed by atoms with Crippen LogP contribution in [0.2, 0.25) is 0 Å². The zero-order valence-corrected chi connectivity index (χ0v) is 19.1. The zero-order valence-electron chi connectivity index (χ0n) is 19.1. The Hall–Kier alpha value is -2.61. The molecule has 176 valence electrons. The van der Waals surface area contributed by atoms with Crippen LogP contribution in [-0.2, 0) is 20.8 Å². The normalized spacial score (nSPS) is 20.0. The van der Waals surface area contributed by atoms with E-state index in [1.807, 2.05) is 4.90 Å². The molecule has 2 heterocycles. The molecule has 2 saturated heterocycles. The predicted molar refractivity (Wildman–Crippen MR) is 120 cm³/mol. The van der Waals surface area contributed by atoms with Gasteiger partial charge in [-0.15, -0.1) is 0 Å². The highest BCUT2D eigenvalue weighted by Crippen LogP contribution is 2.21. The summed E-state index contributed by atoms with van der Waals surface area (Å²) in [5.41, 5.74) is 0.746. The average molecular weight is 446 g/mol. The Morgan fingerprint density at radius 1 is 1.16 bits per heavy atom. The highest BCUT2D eigenvalue weighted by molar-refractivity contribution is 5.88. The Labute approximate surface area is 189 Å². The SMILES string of the molecule is CC(C)C[C@@H]1NCCN(CC(=O)N2CCC(COc3ccc(CC(=O)O)cc3)CC2)C1=O. The number of hydrogen-bond acceptors (Lipinski definition) is 5. The summed E-state index contributed by atoms with van der Waals surface area (Å²) in [6.07, 6.45) is 2.53. The summed E-state index contributed by atoms with van der Waals surface area (Å²) in [4.78, 5) is 39.8. The number of piperidine rings is 1. The Balaban J connectivity index is 1.40. The lowest BCUT2D eigenvalue weighted by Crippen LogP contribution is -2.57. The number of ether oxygens (including phenoxy) is 1. The monoisotopic (exact) mass is 445 g/mol. The molecule has 0 aliphatic carbocycles. The van der Waals surface area contributed by atoms with Gasteiger partial charge in [0.05, 0.1) is 25.6 Å². The van der Waals surface area contributed by atoms with Crippen molar-refractivity contribution in [1.29, 1.82) is 0 Å². The molecule has 32 heavy (non-hydrogen) atoms. The maximum Gasteiger partial charge on any atom is 0.307 e. The molecule has 1 aromatic rings. The van der Waals surface area contributed by atoms with Crippen LogP contribution in [0.25, 0.3) is 0 Å².